The van der Waals surface area contributed by atoms with Crippen molar-refractivity contribution in [2.75, 3.05) is 5.08 Å². The SMILES string of the molecule is Cc1cc(C2=NOC(c3cc(Cl)cc(Cl)c3)(C(F)(F)F)C2)ccc1S(=O)(=O)CS(N)(=O)=O. The molecular weight excluding hydrogens is 516 g/mol. The van der Waals surface area contributed by atoms with Gasteiger partial charge in [0.15, 0.2) is 14.9 Å². The zero-order valence-electron chi connectivity index (χ0n) is 16.2. The molecule has 0 fully saturated rings. The van der Waals surface area contributed by atoms with Crippen LogP contribution in [0.5, 0.6) is 0 Å². The van der Waals surface area contributed by atoms with Crippen molar-refractivity contribution < 1.29 is 34.8 Å². The first-order valence-electron chi connectivity index (χ1n) is 8.67. The van der Waals surface area contributed by atoms with Crippen LogP contribution in [0.25, 0.3) is 0 Å². The summed E-state index contributed by atoms with van der Waals surface area (Å²) in [6.07, 6.45) is -5.62. The number of oxime groups is 1. The monoisotopic (exact) mass is 530 g/mol. The Morgan fingerprint density at radius 1 is 1.09 bits per heavy atom. The average Bonchev–Trinajstić information content (AvgIpc) is 3.05. The zero-order valence-corrected chi connectivity index (χ0v) is 19.3. The van der Waals surface area contributed by atoms with Gasteiger partial charge in [-0.25, -0.2) is 22.0 Å². The maximum Gasteiger partial charge on any atom is 0.435 e. The first-order valence-corrected chi connectivity index (χ1v) is 12.8. The van der Waals surface area contributed by atoms with Crippen LogP contribution < -0.4 is 5.14 Å². The molecule has 1 unspecified atom stereocenters. The Labute approximate surface area is 191 Å². The van der Waals surface area contributed by atoms with Crippen LogP contribution in [0.1, 0.15) is 23.1 Å². The molecule has 3 rings (SSSR count). The lowest BCUT2D eigenvalue weighted by Gasteiger charge is -2.29. The predicted octanol–water partition coefficient (Wildman–Crippen LogP) is 3.90. The number of hydrogen-bond donors (Lipinski definition) is 1. The highest BCUT2D eigenvalue weighted by molar-refractivity contribution is 8.07. The van der Waals surface area contributed by atoms with Crippen molar-refractivity contribution in [3.63, 3.8) is 0 Å². The molecule has 0 spiro atoms. The summed E-state index contributed by atoms with van der Waals surface area (Å²) in [6, 6.07) is 6.99. The van der Waals surface area contributed by atoms with E-state index in [9.17, 15) is 30.0 Å². The van der Waals surface area contributed by atoms with Gasteiger partial charge >= 0.3 is 6.18 Å². The summed E-state index contributed by atoms with van der Waals surface area (Å²) >= 11 is 11.7. The summed E-state index contributed by atoms with van der Waals surface area (Å²) in [5, 5.41) is 7.07. The van der Waals surface area contributed by atoms with E-state index in [0.29, 0.717) is 0 Å². The molecule has 1 atom stereocenters. The van der Waals surface area contributed by atoms with Gasteiger partial charge in [-0.3, -0.25) is 0 Å². The van der Waals surface area contributed by atoms with Gasteiger partial charge in [-0.15, -0.1) is 0 Å². The lowest BCUT2D eigenvalue weighted by Crippen LogP contribution is -2.42. The molecule has 2 aromatic carbocycles. The Balaban J connectivity index is 2.00. The van der Waals surface area contributed by atoms with Gasteiger partial charge in [0.25, 0.3) is 5.60 Å². The van der Waals surface area contributed by atoms with Gasteiger partial charge in [0.2, 0.25) is 10.0 Å². The summed E-state index contributed by atoms with van der Waals surface area (Å²) < 4.78 is 89.2. The fourth-order valence-corrected chi connectivity index (χ4v) is 6.89. The third-order valence-electron chi connectivity index (χ3n) is 4.68. The molecular formula is C18H15Cl2F3N2O5S2. The Bertz CT molecular complexity index is 1310. The summed E-state index contributed by atoms with van der Waals surface area (Å²) in [7, 11) is -8.60. The van der Waals surface area contributed by atoms with Crippen molar-refractivity contribution in [2.24, 2.45) is 10.3 Å². The number of sulfone groups is 1. The molecule has 0 saturated heterocycles. The van der Waals surface area contributed by atoms with E-state index in [-0.39, 0.29) is 37.3 Å². The number of aryl methyl sites for hydroxylation is 1. The highest BCUT2D eigenvalue weighted by Gasteiger charge is 2.62. The van der Waals surface area contributed by atoms with Crippen molar-refractivity contribution in [3.05, 3.63) is 63.1 Å². The highest BCUT2D eigenvalue weighted by Crippen LogP contribution is 2.49. The molecule has 0 aliphatic carbocycles. The summed E-state index contributed by atoms with van der Waals surface area (Å²) in [4.78, 5) is 4.58. The fraction of sp³-hybridized carbons (Fsp3) is 0.278. The molecule has 1 heterocycles. The van der Waals surface area contributed by atoms with Gasteiger partial charge in [-0.2, -0.15) is 13.2 Å². The van der Waals surface area contributed by atoms with Gasteiger partial charge in [0.05, 0.1) is 10.6 Å². The second-order valence-electron chi connectivity index (χ2n) is 7.16. The van der Waals surface area contributed by atoms with Gasteiger partial charge in [-0.05, 0) is 48.4 Å². The normalized spacial score (nSPS) is 19.5. The number of hydrogen-bond acceptors (Lipinski definition) is 6. The molecule has 174 valence electrons. The maximum absolute atomic E-state index is 14.1. The predicted molar refractivity (Wildman–Crippen MR) is 113 cm³/mol. The molecule has 32 heavy (non-hydrogen) atoms. The summed E-state index contributed by atoms with van der Waals surface area (Å²) in [5.41, 5.74) is -3.02. The van der Waals surface area contributed by atoms with Crippen molar-refractivity contribution >= 4 is 48.8 Å². The molecule has 0 aromatic heterocycles. The van der Waals surface area contributed by atoms with Crippen LogP contribution >= 0.6 is 23.2 Å². The van der Waals surface area contributed by atoms with Crippen molar-refractivity contribution in [1.29, 1.82) is 0 Å². The number of sulfonamides is 1. The lowest BCUT2D eigenvalue weighted by molar-refractivity contribution is -0.275. The zero-order chi connectivity index (χ0) is 24.1. The molecule has 0 bridgehead atoms. The molecule has 2 aromatic rings. The minimum Gasteiger partial charge on any atom is -0.374 e. The number of benzene rings is 2. The highest BCUT2D eigenvalue weighted by atomic mass is 35.5. The number of rotatable bonds is 5. The smallest absolute Gasteiger partial charge is 0.374 e. The van der Waals surface area contributed by atoms with E-state index in [1.807, 2.05) is 0 Å². The molecule has 0 saturated carbocycles. The first kappa shape index (κ1) is 24.8. The fourth-order valence-electron chi connectivity index (χ4n) is 3.30. The second kappa shape index (κ2) is 8.17. The summed E-state index contributed by atoms with van der Waals surface area (Å²) in [5.74, 6) is 0. The van der Waals surface area contributed by atoms with E-state index < -0.39 is 43.1 Å². The van der Waals surface area contributed by atoms with Gasteiger partial charge in [0, 0.05) is 22.0 Å². The van der Waals surface area contributed by atoms with Crippen LogP contribution in [0, 0.1) is 6.92 Å². The maximum atomic E-state index is 14.1. The van der Waals surface area contributed by atoms with Gasteiger partial charge in [0.1, 0.15) is 0 Å². The van der Waals surface area contributed by atoms with Crippen LogP contribution in [0.2, 0.25) is 10.0 Å². The van der Waals surface area contributed by atoms with E-state index in [4.69, 9.17) is 33.2 Å². The Morgan fingerprint density at radius 3 is 2.19 bits per heavy atom. The third kappa shape index (κ3) is 4.88. The van der Waals surface area contributed by atoms with Crippen molar-refractivity contribution in [3.8, 4) is 0 Å². The molecule has 7 nitrogen and oxygen atoms in total. The van der Waals surface area contributed by atoms with E-state index in [1.54, 1.807) is 0 Å². The molecule has 0 amide bonds. The largest absolute Gasteiger partial charge is 0.435 e. The number of halogens is 5. The average molecular weight is 531 g/mol. The van der Waals surface area contributed by atoms with Crippen LogP contribution in [-0.4, -0.2) is 33.8 Å². The first-order chi connectivity index (χ1) is 14.5. The quantitative estimate of drug-likeness (QED) is 0.629. The van der Waals surface area contributed by atoms with Crippen molar-refractivity contribution in [1.82, 2.24) is 0 Å². The second-order valence-corrected chi connectivity index (χ2v) is 12.0. The minimum atomic E-state index is -4.89. The van der Waals surface area contributed by atoms with Crippen LogP contribution in [0.3, 0.4) is 0 Å². The molecule has 1 aliphatic heterocycles. The summed E-state index contributed by atoms with van der Waals surface area (Å²) in [6.45, 7) is 1.36. The van der Waals surface area contributed by atoms with E-state index in [0.717, 1.165) is 18.2 Å². The number of nitrogens with zero attached hydrogens (tertiary/aromatic N) is 1. The van der Waals surface area contributed by atoms with Gasteiger partial charge < -0.3 is 4.84 Å². The minimum absolute atomic E-state index is 0.0200. The molecule has 2 N–H and O–H groups in total. The lowest BCUT2D eigenvalue weighted by atomic mass is 9.86. The molecule has 0 radical (unpaired) electrons. The molecule has 1 aliphatic rings. The number of alkyl halides is 3. The van der Waals surface area contributed by atoms with E-state index in [2.05, 4.69) is 5.16 Å². The number of primary sulfonamides is 1. The Morgan fingerprint density at radius 2 is 1.69 bits per heavy atom. The van der Waals surface area contributed by atoms with Crippen LogP contribution in [-0.2, 0) is 30.3 Å². The topological polar surface area (TPSA) is 116 Å². The van der Waals surface area contributed by atoms with Crippen molar-refractivity contribution in [2.45, 2.75) is 30.0 Å². The van der Waals surface area contributed by atoms with Crippen LogP contribution in [0.15, 0.2) is 46.4 Å². The van der Waals surface area contributed by atoms with E-state index >= 15 is 0 Å². The Hall–Kier alpha value is -1.86. The van der Waals surface area contributed by atoms with Crippen LogP contribution in [0.4, 0.5) is 13.2 Å². The number of nitrogens with two attached hydrogens (primary N) is 1. The molecule has 14 heteroatoms. The third-order valence-corrected chi connectivity index (χ3v) is 8.80. The Kier molecular flexibility index (Phi) is 6.33. The van der Waals surface area contributed by atoms with Gasteiger partial charge in [-0.1, -0.05) is 34.4 Å². The van der Waals surface area contributed by atoms with E-state index in [1.165, 1.54) is 25.1 Å². The standard InChI is InChI=1S/C18H15Cl2F3N2O5S2/c1-10-4-11(2-3-16(10)31(26,27)9-32(24,28)29)15-8-17(30-25-15,18(21,22)23)12-5-13(19)7-14(20)6-12/h2-7H,8-9H2,1H3,(H2,24,28,29).